The zero-order chi connectivity index (χ0) is 14.8. The SMILES string of the molecule is CNC(C)(CC(C)N(CC(F)(F)F)C1CC1)C(=O)O. The number of alkyl halides is 3. The van der Waals surface area contributed by atoms with Crippen molar-refractivity contribution in [2.75, 3.05) is 13.6 Å². The van der Waals surface area contributed by atoms with E-state index >= 15 is 0 Å². The first-order valence-electron chi connectivity index (χ1n) is 6.34. The van der Waals surface area contributed by atoms with E-state index < -0.39 is 30.3 Å². The molecule has 19 heavy (non-hydrogen) atoms. The highest BCUT2D eigenvalue weighted by molar-refractivity contribution is 5.78. The van der Waals surface area contributed by atoms with Crippen molar-refractivity contribution in [1.82, 2.24) is 10.2 Å². The maximum atomic E-state index is 12.6. The fourth-order valence-electron chi connectivity index (χ4n) is 2.26. The Balaban J connectivity index is 2.72. The van der Waals surface area contributed by atoms with Gasteiger partial charge in [-0.2, -0.15) is 13.2 Å². The maximum Gasteiger partial charge on any atom is 0.401 e. The summed E-state index contributed by atoms with van der Waals surface area (Å²) in [6.07, 6.45) is -2.62. The van der Waals surface area contributed by atoms with Crippen molar-refractivity contribution >= 4 is 5.97 Å². The van der Waals surface area contributed by atoms with Crippen LogP contribution in [0.2, 0.25) is 0 Å². The first-order valence-corrected chi connectivity index (χ1v) is 6.34. The van der Waals surface area contributed by atoms with Gasteiger partial charge in [0.15, 0.2) is 0 Å². The molecule has 0 aromatic rings. The Morgan fingerprint density at radius 2 is 2.00 bits per heavy atom. The van der Waals surface area contributed by atoms with Gasteiger partial charge >= 0.3 is 12.1 Å². The molecular formula is C12H21F3N2O2. The molecular weight excluding hydrogens is 261 g/mol. The molecule has 0 aromatic carbocycles. The van der Waals surface area contributed by atoms with Crippen molar-refractivity contribution in [2.24, 2.45) is 0 Å². The van der Waals surface area contributed by atoms with Crippen LogP contribution < -0.4 is 5.32 Å². The van der Waals surface area contributed by atoms with E-state index in [0.29, 0.717) is 0 Å². The first kappa shape index (κ1) is 16.2. The second kappa shape index (κ2) is 5.66. The largest absolute Gasteiger partial charge is 0.480 e. The van der Waals surface area contributed by atoms with Gasteiger partial charge in [-0.25, -0.2) is 0 Å². The van der Waals surface area contributed by atoms with Gasteiger partial charge in [0.25, 0.3) is 0 Å². The first-order chi connectivity index (χ1) is 8.59. The summed E-state index contributed by atoms with van der Waals surface area (Å²) in [7, 11) is 1.51. The number of carboxylic acids is 1. The average Bonchev–Trinajstić information content (AvgIpc) is 3.07. The Bertz CT molecular complexity index is 331. The Kier molecular flexibility index (Phi) is 4.84. The fourth-order valence-corrected chi connectivity index (χ4v) is 2.26. The molecule has 2 unspecified atom stereocenters. The lowest BCUT2D eigenvalue weighted by Crippen LogP contribution is -2.53. The monoisotopic (exact) mass is 282 g/mol. The normalized spacial score (nSPS) is 21.2. The highest BCUT2D eigenvalue weighted by Crippen LogP contribution is 2.33. The molecule has 0 aromatic heterocycles. The lowest BCUT2D eigenvalue weighted by molar-refractivity contribution is -0.154. The van der Waals surface area contributed by atoms with Gasteiger partial charge in [0.1, 0.15) is 5.54 Å². The van der Waals surface area contributed by atoms with E-state index in [1.807, 2.05) is 0 Å². The number of aliphatic carboxylic acids is 1. The number of likely N-dealkylation sites (N-methyl/N-ethyl adjacent to an activating group) is 1. The lowest BCUT2D eigenvalue weighted by atomic mass is 9.93. The van der Waals surface area contributed by atoms with E-state index in [-0.39, 0.29) is 12.5 Å². The van der Waals surface area contributed by atoms with Gasteiger partial charge in [0.2, 0.25) is 0 Å². The van der Waals surface area contributed by atoms with E-state index in [9.17, 15) is 18.0 Å². The molecule has 1 saturated carbocycles. The maximum absolute atomic E-state index is 12.6. The standard InChI is InChI=1S/C12H21F3N2O2/c1-8(6-11(2,16-3)10(18)19)17(9-4-5-9)7-12(13,14)15/h8-9,16H,4-7H2,1-3H3,(H,18,19). The summed E-state index contributed by atoms with van der Waals surface area (Å²) >= 11 is 0. The predicted molar refractivity (Wildman–Crippen MR) is 65.0 cm³/mol. The van der Waals surface area contributed by atoms with Crippen LogP contribution in [0.4, 0.5) is 13.2 Å². The van der Waals surface area contributed by atoms with Gasteiger partial charge in [0.05, 0.1) is 6.54 Å². The van der Waals surface area contributed by atoms with Gasteiger partial charge in [-0.3, -0.25) is 9.69 Å². The number of rotatable bonds is 7. The zero-order valence-electron chi connectivity index (χ0n) is 11.4. The lowest BCUT2D eigenvalue weighted by Gasteiger charge is -2.35. The Hall–Kier alpha value is -0.820. The molecule has 0 heterocycles. The molecule has 1 aliphatic rings. The summed E-state index contributed by atoms with van der Waals surface area (Å²) in [6, 6.07) is -0.505. The molecule has 1 rings (SSSR count). The van der Waals surface area contributed by atoms with E-state index in [4.69, 9.17) is 5.11 Å². The zero-order valence-corrected chi connectivity index (χ0v) is 11.4. The van der Waals surface area contributed by atoms with Crippen LogP contribution in [0.3, 0.4) is 0 Å². The summed E-state index contributed by atoms with van der Waals surface area (Å²) in [5, 5.41) is 11.8. The molecule has 2 atom stereocenters. The third kappa shape index (κ3) is 4.65. The molecule has 7 heteroatoms. The van der Waals surface area contributed by atoms with Crippen molar-refractivity contribution in [1.29, 1.82) is 0 Å². The summed E-state index contributed by atoms with van der Waals surface area (Å²) in [5.41, 5.74) is -1.21. The van der Waals surface area contributed by atoms with Crippen LogP contribution in [0.1, 0.15) is 33.1 Å². The van der Waals surface area contributed by atoms with Crippen molar-refractivity contribution < 1.29 is 23.1 Å². The van der Waals surface area contributed by atoms with E-state index in [2.05, 4.69) is 5.32 Å². The summed E-state index contributed by atoms with van der Waals surface area (Å²) in [6.45, 7) is 2.17. The Morgan fingerprint density at radius 1 is 1.47 bits per heavy atom. The fraction of sp³-hybridized carbons (Fsp3) is 0.917. The van der Waals surface area contributed by atoms with Crippen LogP contribution >= 0.6 is 0 Å². The number of nitrogens with zero attached hydrogens (tertiary/aromatic N) is 1. The van der Waals surface area contributed by atoms with Gasteiger partial charge < -0.3 is 10.4 Å². The molecule has 0 bridgehead atoms. The minimum atomic E-state index is -4.25. The van der Waals surface area contributed by atoms with Crippen LogP contribution in [0.15, 0.2) is 0 Å². The van der Waals surface area contributed by atoms with Crippen molar-refractivity contribution in [3.8, 4) is 0 Å². The number of hydrogen-bond donors (Lipinski definition) is 2. The molecule has 0 amide bonds. The minimum Gasteiger partial charge on any atom is -0.480 e. The summed E-state index contributed by atoms with van der Waals surface area (Å²) in [5.74, 6) is -1.05. The number of halogens is 3. The molecule has 0 aliphatic heterocycles. The molecule has 0 saturated heterocycles. The van der Waals surface area contributed by atoms with Crippen molar-refractivity contribution in [3.05, 3.63) is 0 Å². The van der Waals surface area contributed by atoms with Gasteiger partial charge in [-0.15, -0.1) is 0 Å². The Morgan fingerprint density at radius 3 is 2.32 bits per heavy atom. The van der Waals surface area contributed by atoms with Gasteiger partial charge in [0, 0.05) is 12.1 Å². The van der Waals surface area contributed by atoms with E-state index in [1.165, 1.54) is 18.9 Å². The van der Waals surface area contributed by atoms with Crippen molar-refractivity contribution in [2.45, 2.75) is 56.9 Å². The van der Waals surface area contributed by atoms with Crippen LogP contribution in [-0.4, -0.2) is 53.4 Å². The van der Waals surface area contributed by atoms with Crippen LogP contribution in [0.5, 0.6) is 0 Å². The highest BCUT2D eigenvalue weighted by atomic mass is 19.4. The summed E-state index contributed by atoms with van der Waals surface area (Å²) in [4.78, 5) is 12.6. The number of nitrogens with one attached hydrogen (secondary N) is 1. The third-order valence-electron chi connectivity index (χ3n) is 3.67. The number of carboxylic acid groups (broad SMARTS) is 1. The van der Waals surface area contributed by atoms with Gasteiger partial charge in [-0.05, 0) is 40.2 Å². The smallest absolute Gasteiger partial charge is 0.401 e. The number of carbonyl (C=O) groups is 1. The quantitative estimate of drug-likeness (QED) is 0.748. The third-order valence-corrected chi connectivity index (χ3v) is 3.67. The molecule has 1 fully saturated rings. The molecule has 2 N–H and O–H groups in total. The molecule has 1 aliphatic carbocycles. The van der Waals surface area contributed by atoms with E-state index in [0.717, 1.165) is 12.8 Å². The number of hydrogen-bond acceptors (Lipinski definition) is 3. The van der Waals surface area contributed by atoms with Crippen LogP contribution in [0.25, 0.3) is 0 Å². The predicted octanol–water partition coefficient (Wildman–Crippen LogP) is 1.85. The van der Waals surface area contributed by atoms with Crippen molar-refractivity contribution in [3.63, 3.8) is 0 Å². The molecule has 0 spiro atoms. The average molecular weight is 282 g/mol. The van der Waals surface area contributed by atoms with Crippen LogP contribution in [0, 0.1) is 0 Å². The highest BCUT2D eigenvalue weighted by Gasteiger charge is 2.43. The molecule has 0 radical (unpaired) electrons. The minimum absolute atomic E-state index is 0.0634. The van der Waals surface area contributed by atoms with E-state index in [1.54, 1.807) is 6.92 Å². The molecule has 4 nitrogen and oxygen atoms in total. The second-order valence-electron chi connectivity index (χ2n) is 5.46. The summed E-state index contributed by atoms with van der Waals surface area (Å²) < 4.78 is 37.7. The topological polar surface area (TPSA) is 52.6 Å². The molecule has 112 valence electrons. The Labute approximate surface area is 111 Å². The van der Waals surface area contributed by atoms with Crippen LogP contribution in [-0.2, 0) is 4.79 Å². The second-order valence-corrected chi connectivity index (χ2v) is 5.46. The van der Waals surface area contributed by atoms with Gasteiger partial charge in [-0.1, -0.05) is 0 Å².